The fraction of sp³-hybridized carbons (Fsp3) is 0.207. The molecule has 0 aliphatic carbocycles. The maximum atomic E-state index is 14.0. The number of carbonyl (C=O) groups is 1. The van der Waals surface area contributed by atoms with Gasteiger partial charge in [-0.2, -0.15) is 5.26 Å². The van der Waals surface area contributed by atoms with Gasteiger partial charge in [0.05, 0.1) is 41.7 Å². The minimum Gasteiger partial charge on any atom is -0.481 e. The van der Waals surface area contributed by atoms with Gasteiger partial charge in [-0.05, 0) is 60.4 Å². The first-order valence-corrected chi connectivity index (χ1v) is 11.7. The molecule has 1 atom stereocenters. The van der Waals surface area contributed by atoms with Gasteiger partial charge in [-0.25, -0.2) is 4.79 Å². The highest BCUT2D eigenvalue weighted by Crippen LogP contribution is 2.30. The van der Waals surface area contributed by atoms with Crippen LogP contribution < -0.4 is 5.69 Å². The van der Waals surface area contributed by atoms with Gasteiger partial charge in [0.1, 0.15) is 0 Å². The van der Waals surface area contributed by atoms with Gasteiger partial charge in [0, 0.05) is 24.1 Å². The zero-order valence-electron chi connectivity index (χ0n) is 20.4. The Morgan fingerprint density at radius 3 is 2.47 bits per heavy atom. The Kier molecular flexibility index (Phi) is 5.73. The predicted octanol–water partition coefficient (Wildman–Crippen LogP) is 4.90. The Morgan fingerprint density at radius 2 is 1.78 bits per heavy atom. The normalized spacial score (nSPS) is 12.2. The highest BCUT2D eigenvalue weighted by atomic mass is 16.4. The SMILES string of the molecule is Cc1cc(C)c2c(Cn3c(=O)n([C@H](CC(=O)O)c4ccccc4)c4cc(C#N)ccc43)cn(C)c2c1. The van der Waals surface area contributed by atoms with E-state index in [1.54, 1.807) is 22.8 Å². The van der Waals surface area contributed by atoms with E-state index in [1.165, 1.54) is 10.1 Å². The number of nitriles is 1. The van der Waals surface area contributed by atoms with E-state index < -0.39 is 12.0 Å². The number of nitrogens with zero attached hydrogens (tertiary/aromatic N) is 4. The van der Waals surface area contributed by atoms with Crippen molar-refractivity contribution in [1.29, 1.82) is 5.26 Å². The molecule has 36 heavy (non-hydrogen) atoms. The number of aliphatic carboxylic acids is 1. The average molecular weight is 479 g/mol. The van der Waals surface area contributed by atoms with Crippen LogP contribution in [0.2, 0.25) is 0 Å². The number of carboxylic acids is 1. The summed E-state index contributed by atoms with van der Waals surface area (Å²) in [5.74, 6) is -1.01. The van der Waals surface area contributed by atoms with Crippen molar-refractivity contribution in [3.05, 3.63) is 105 Å². The number of aryl methyl sites for hydroxylation is 3. The van der Waals surface area contributed by atoms with Crippen LogP contribution in [-0.4, -0.2) is 24.8 Å². The van der Waals surface area contributed by atoms with E-state index in [1.807, 2.05) is 43.6 Å². The molecule has 0 radical (unpaired) electrons. The number of fused-ring (bicyclic) bond motifs is 2. The number of benzene rings is 3. The molecule has 0 saturated carbocycles. The topological polar surface area (TPSA) is 93.0 Å². The van der Waals surface area contributed by atoms with Crippen LogP contribution in [0.3, 0.4) is 0 Å². The number of hydrogen-bond donors (Lipinski definition) is 1. The van der Waals surface area contributed by atoms with Crippen LogP contribution >= 0.6 is 0 Å². The Hall–Kier alpha value is -4.57. The van der Waals surface area contributed by atoms with Gasteiger partial charge >= 0.3 is 11.7 Å². The summed E-state index contributed by atoms with van der Waals surface area (Å²) in [6.07, 6.45) is 1.79. The fourth-order valence-corrected chi connectivity index (χ4v) is 5.30. The summed E-state index contributed by atoms with van der Waals surface area (Å²) in [6.45, 7) is 4.46. The molecule has 0 saturated heterocycles. The van der Waals surface area contributed by atoms with E-state index in [0.717, 1.165) is 27.6 Å². The van der Waals surface area contributed by atoms with E-state index in [0.29, 0.717) is 23.1 Å². The molecule has 1 N–H and O–H groups in total. The fourth-order valence-electron chi connectivity index (χ4n) is 5.30. The van der Waals surface area contributed by atoms with E-state index in [-0.39, 0.29) is 12.1 Å². The van der Waals surface area contributed by atoms with Crippen molar-refractivity contribution in [2.24, 2.45) is 7.05 Å². The number of carboxylic acid groups (broad SMARTS) is 1. The van der Waals surface area contributed by atoms with Gasteiger partial charge in [0.2, 0.25) is 0 Å². The minimum atomic E-state index is -1.01. The van der Waals surface area contributed by atoms with Crippen LogP contribution in [-0.2, 0) is 18.4 Å². The third-order valence-corrected chi connectivity index (χ3v) is 6.79. The van der Waals surface area contributed by atoms with Gasteiger partial charge in [-0.3, -0.25) is 13.9 Å². The first-order chi connectivity index (χ1) is 17.3. The Labute approximate surface area is 208 Å². The van der Waals surface area contributed by atoms with Gasteiger partial charge in [0.25, 0.3) is 0 Å². The molecule has 0 bridgehead atoms. The molecule has 180 valence electrons. The van der Waals surface area contributed by atoms with Crippen molar-refractivity contribution < 1.29 is 9.90 Å². The molecule has 5 aromatic rings. The molecule has 0 aliphatic heterocycles. The van der Waals surface area contributed by atoms with Crippen molar-refractivity contribution in [2.75, 3.05) is 0 Å². The van der Waals surface area contributed by atoms with Crippen molar-refractivity contribution in [1.82, 2.24) is 13.7 Å². The van der Waals surface area contributed by atoms with E-state index in [2.05, 4.69) is 36.6 Å². The molecule has 0 spiro atoms. The summed E-state index contributed by atoms with van der Waals surface area (Å²) >= 11 is 0. The molecule has 0 unspecified atom stereocenters. The van der Waals surface area contributed by atoms with Gasteiger partial charge in [-0.1, -0.05) is 36.4 Å². The number of aromatic nitrogens is 3. The van der Waals surface area contributed by atoms with Crippen LogP contribution in [0.5, 0.6) is 0 Å². The quantitative estimate of drug-likeness (QED) is 0.376. The Bertz CT molecular complexity index is 1730. The number of hydrogen-bond acceptors (Lipinski definition) is 3. The maximum Gasteiger partial charge on any atom is 0.330 e. The van der Waals surface area contributed by atoms with Gasteiger partial charge < -0.3 is 9.67 Å². The van der Waals surface area contributed by atoms with Gasteiger partial charge in [-0.15, -0.1) is 0 Å². The second kappa shape index (κ2) is 8.90. The summed E-state index contributed by atoms with van der Waals surface area (Å²) in [4.78, 5) is 25.9. The van der Waals surface area contributed by atoms with E-state index in [9.17, 15) is 20.0 Å². The molecule has 0 aliphatic rings. The van der Waals surface area contributed by atoms with E-state index in [4.69, 9.17) is 0 Å². The maximum absolute atomic E-state index is 14.0. The lowest BCUT2D eigenvalue weighted by Gasteiger charge is -2.17. The average Bonchev–Trinajstić information content (AvgIpc) is 3.31. The molecular formula is C29H26N4O3. The standard InChI is InChI=1S/C29H26N4O3/c1-18-11-19(2)28-22(16-31(3)26(28)12-18)17-32-23-10-9-20(15-30)13-25(23)33(29(32)36)24(14-27(34)35)21-7-5-4-6-8-21/h4-13,16,24H,14,17H2,1-3H3,(H,34,35)/t24-/m1/s1. The van der Waals surface area contributed by atoms with Crippen molar-refractivity contribution in [3.63, 3.8) is 0 Å². The zero-order chi connectivity index (χ0) is 25.6. The highest BCUT2D eigenvalue weighted by Gasteiger charge is 2.25. The third kappa shape index (κ3) is 3.87. The predicted molar refractivity (Wildman–Crippen MR) is 139 cm³/mol. The van der Waals surface area contributed by atoms with Crippen molar-refractivity contribution >= 4 is 27.9 Å². The summed E-state index contributed by atoms with van der Waals surface area (Å²) in [6, 6.07) is 20.0. The smallest absolute Gasteiger partial charge is 0.330 e. The van der Waals surface area contributed by atoms with Crippen LogP contribution in [0.25, 0.3) is 21.9 Å². The summed E-state index contributed by atoms with van der Waals surface area (Å²) in [5.41, 5.74) is 6.43. The number of imidazole rings is 1. The van der Waals surface area contributed by atoms with Gasteiger partial charge in [0.15, 0.2) is 0 Å². The molecule has 5 rings (SSSR count). The third-order valence-electron chi connectivity index (χ3n) is 6.79. The second-order valence-corrected chi connectivity index (χ2v) is 9.32. The monoisotopic (exact) mass is 478 g/mol. The van der Waals surface area contributed by atoms with Crippen LogP contribution in [0.1, 0.15) is 40.3 Å². The molecular weight excluding hydrogens is 452 g/mol. The molecule has 0 amide bonds. The van der Waals surface area contributed by atoms with Crippen molar-refractivity contribution in [2.45, 2.75) is 32.9 Å². The molecule has 2 heterocycles. The summed E-state index contributed by atoms with van der Waals surface area (Å²) in [7, 11) is 1.99. The lowest BCUT2D eigenvalue weighted by Crippen LogP contribution is -2.29. The molecule has 2 aromatic heterocycles. The largest absolute Gasteiger partial charge is 0.481 e. The first-order valence-electron chi connectivity index (χ1n) is 11.7. The summed E-state index contributed by atoms with van der Waals surface area (Å²) in [5, 5.41) is 20.3. The molecule has 0 fully saturated rings. The van der Waals surface area contributed by atoms with Crippen LogP contribution in [0.15, 0.2) is 71.7 Å². The second-order valence-electron chi connectivity index (χ2n) is 9.32. The molecule has 7 heteroatoms. The summed E-state index contributed by atoms with van der Waals surface area (Å²) < 4.78 is 5.28. The number of rotatable bonds is 6. The lowest BCUT2D eigenvalue weighted by molar-refractivity contribution is -0.137. The van der Waals surface area contributed by atoms with Crippen LogP contribution in [0.4, 0.5) is 0 Å². The Balaban J connectivity index is 1.77. The Morgan fingerprint density at radius 1 is 1.03 bits per heavy atom. The van der Waals surface area contributed by atoms with Crippen LogP contribution in [0, 0.1) is 25.2 Å². The first kappa shape index (κ1) is 23.2. The highest BCUT2D eigenvalue weighted by molar-refractivity contribution is 5.88. The van der Waals surface area contributed by atoms with E-state index >= 15 is 0 Å². The van der Waals surface area contributed by atoms with Crippen molar-refractivity contribution in [3.8, 4) is 6.07 Å². The zero-order valence-corrected chi connectivity index (χ0v) is 20.4. The lowest BCUT2D eigenvalue weighted by atomic mass is 10.0. The minimum absolute atomic E-state index is 0.257. The molecule has 3 aromatic carbocycles. The molecule has 7 nitrogen and oxygen atoms in total.